The van der Waals surface area contributed by atoms with Gasteiger partial charge in [0.25, 0.3) is 0 Å². The molecule has 0 spiro atoms. The molecular formula is C17H20BrClF3N5O. The van der Waals surface area contributed by atoms with Gasteiger partial charge >= 0.3 is 6.18 Å². The van der Waals surface area contributed by atoms with Gasteiger partial charge in [-0.3, -0.25) is 14.2 Å². The Balaban J connectivity index is 1.48. The second kappa shape index (κ2) is 8.44. The Bertz CT molecular complexity index is 860. The van der Waals surface area contributed by atoms with E-state index in [9.17, 15) is 18.0 Å². The summed E-state index contributed by atoms with van der Waals surface area (Å²) in [5.74, 6) is -0.0924. The number of carbonyl (C=O) groups excluding carboxylic acids is 1. The molecule has 11 heteroatoms. The standard InChI is InChI=1S/C17H20BrClF3N5O/c1-10-12(18)9-24-26(10)8-5-13(28)23-6-2-7-27-15(11-3-4-11)14(19)16(25-27)17(20,21)22/h9,11H,2-8H2,1H3,(H,23,28). The number of aromatic nitrogens is 4. The first-order valence-electron chi connectivity index (χ1n) is 8.96. The van der Waals surface area contributed by atoms with Crippen LogP contribution in [0.4, 0.5) is 13.2 Å². The van der Waals surface area contributed by atoms with Crippen LogP contribution in [0.2, 0.25) is 5.02 Å². The zero-order valence-corrected chi connectivity index (χ0v) is 17.5. The molecule has 1 amide bonds. The third-order valence-electron chi connectivity index (χ3n) is 4.63. The van der Waals surface area contributed by atoms with Gasteiger partial charge in [0.1, 0.15) is 0 Å². The van der Waals surface area contributed by atoms with Crippen molar-refractivity contribution < 1.29 is 18.0 Å². The summed E-state index contributed by atoms with van der Waals surface area (Å²) in [4.78, 5) is 12.0. The second-order valence-electron chi connectivity index (χ2n) is 6.80. The number of alkyl halides is 3. The van der Waals surface area contributed by atoms with Gasteiger partial charge in [-0.05, 0) is 42.1 Å². The molecule has 0 aromatic carbocycles. The van der Waals surface area contributed by atoms with E-state index in [1.54, 1.807) is 10.9 Å². The lowest BCUT2D eigenvalue weighted by Gasteiger charge is -2.09. The minimum atomic E-state index is -4.57. The average Bonchev–Trinajstić information content (AvgIpc) is 3.32. The fourth-order valence-electron chi connectivity index (χ4n) is 2.95. The first-order valence-corrected chi connectivity index (χ1v) is 10.1. The second-order valence-corrected chi connectivity index (χ2v) is 8.03. The van der Waals surface area contributed by atoms with Gasteiger partial charge in [-0.2, -0.15) is 23.4 Å². The van der Waals surface area contributed by atoms with E-state index in [0.29, 0.717) is 25.2 Å². The maximum Gasteiger partial charge on any atom is 0.436 e. The van der Waals surface area contributed by atoms with Crippen molar-refractivity contribution in [1.29, 1.82) is 0 Å². The quantitative estimate of drug-likeness (QED) is 0.571. The van der Waals surface area contributed by atoms with Gasteiger partial charge in [-0.15, -0.1) is 0 Å². The van der Waals surface area contributed by atoms with Crippen molar-refractivity contribution in [3.63, 3.8) is 0 Å². The number of aryl methyl sites for hydroxylation is 2. The predicted octanol–water partition coefficient (Wildman–Crippen LogP) is 4.30. The normalized spacial score (nSPS) is 14.5. The highest BCUT2D eigenvalue weighted by atomic mass is 79.9. The summed E-state index contributed by atoms with van der Waals surface area (Å²) >= 11 is 9.31. The minimum Gasteiger partial charge on any atom is -0.356 e. The molecule has 2 aromatic rings. The Kier molecular flexibility index (Phi) is 6.38. The van der Waals surface area contributed by atoms with Crippen LogP contribution >= 0.6 is 27.5 Å². The molecule has 3 rings (SSSR count). The number of hydrogen-bond acceptors (Lipinski definition) is 3. The van der Waals surface area contributed by atoms with Crippen molar-refractivity contribution in [2.24, 2.45) is 0 Å². The Morgan fingerprint density at radius 1 is 1.36 bits per heavy atom. The topological polar surface area (TPSA) is 64.7 Å². The fourth-order valence-corrected chi connectivity index (χ4v) is 3.65. The van der Waals surface area contributed by atoms with E-state index in [1.807, 2.05) is 6.92 Å². The Labute approximate surface area is 173 Å². The van der Waals surface area contributed by atoms with Crippen LogP contribution in [-0.2, 0) is 24.1 Å². The number of hydrogen-bond donors (Lipinski definition) is 1. The maximum atomic E-state index is 13.0. The van der Waals surface area contributed by atoms with Crippen molar-refractivity contribution in [1.82, 2.24) is 24.9 Å². The molecule has 2 heterocycles. The molecule has 1 N–H and O–H groups in total. The van der Waals surface area contributed by atoms with E-state index in [2.05, 4.69) is 31.4 Å². The highest BCUT2D eigenvalue weighted by molar-refractivity contribution is 9.10. The van der Waals surface area contributed by atoms with E-state index in [-0.39, 0.29) is 29.8 Å². The summed E-state index contributed by atoms with van der Waals surface area (Å²) in [7, 11) is 0. The number of carbonyl (C=O) groups is 1. The van der Waals surface area contributed by atoms with E-state index < -0.39 is 11.9 Å². The van der Waals surface area contributed by atoms with E-state index in [0.717, 1.165) is 23.0 Å². The monoisotopic (exact) mass is 481 g/mol. The maximum absolute atomic E-state index is 13.0. The highest BCUT2D eigenvalue weighted by Crippen LogP contribution is 2.46. The van der Waals surface area contributed by atoms with Crippen molar-refractivity contribution >= 4 is 33.4 Å². The zero-order valence-electron chi connectivity index (χ0n) is 15.2. The molecule has 0 radical (unpaired) electrons. The van der Waals surface area contributed by atoms with Gasteiger partial charge in [-0.25, -0.2) is 0 Å². The fraction of sp³-hybridized carbons (Fsp3) is 0.588. The SMILES string of the molecule is Cc1c(Br)cnn1CCC(=O)NCCCn1nc(C(F)(F)F)c(Cl)c1C1CC1. The molecular weight excluding hydrogens is 463 g/mol. The van der Waals surface area contributed by atoms with E-state index >= 15 is 0 Å². The molecule has 0 bridgehead atoms. The molecule has 28 heavy (non-hydrogen) atoms. The summed E-state index contributed by atoms with van der Waals surface area (Å²) in [6, 6.07) is 0. The van der Waals surface area contributed by atoms with Crippen molar-refractivity contribution in [2.75, 3.05) is 6.54 Å². The summed E-state index contributed by atoms with van der Waals surface area (Å²) in [5, 5.41) is 10.3. The third-order valence-corrected chi connectivity index (χ3v) is 5.78. The van der Waals surface area contributed by atoms with Crippen LogP contribution in [0.3, 0.4) is 0 Å². The minimum absolute atomic E-state index is 0.0438. The number of amides is 1. The average molecular weight is 483 g/mol. The number of nitrogens with one attached hydrogen (secondary N) is 1. The number of halogens is 5. The van der Waals surface area contributed by atoms with Crippen LogP contribution in [0, 0.1) is 6.92 Å². The molecule has 1 aliphatic carbocycles. The van der Waals surface area contributed by atoms with Crippen LogP contribution in [0.1, 0.15) is 48.7 Å². The summed E-state index contributed by atoms with van der Waals surface area (Å²) in [6.45, 7) is 2.98. The Morgan fingerprint density at radius 3 is 2.64 bits per heavy atom. The highest BCUT2D eigenvalue weighted by Gasteiger charge is 2.41. The summed E-state index contributed by atoms with van der Waals surface area (Å²) in [5.41, 5.74) is 0.373. The lowest BCUT2D eigenvalue weighted by Crippen LogP contribution is -2.26. The molecule has 154 valence electrons. The third kappa shape index (κ3) is 4.89. The van der Waals surface area contributed by atoms with Crippen LogP contribution in [0.15, 0.2) is 10.7 Å². The van der Waals surface area contributed by atoms with Gasteiger partial charge in [0.15, 0.2) is 5.69 Å². The van der Waals surface area contributed by atoms with E-state index in [4.69, 9.17) is 11.6 Å². The molecule has 6 nitrogen and oxygen atoms in total. The Morgan fingerprint density at radius 2 is 2.07 bits per heavy atom. The van der Waals surface area contributed by atoms with Crippen LogP contribution in [0.25, 0.3) is 0 Å². The zero-order chi connectivity index (χ0) is 20.5. The molecule has 2 aromatic heterocycles. The van der Waals surface area contributed by atoms with Gasteiger partial charge in [-0.1, -0.05) is 11.6 Å². The summed E-state index contributed by atoms with van der Waals surface area (Å²) < 4.78 is 43.1. The molecule has 1 saturated carbocycles. The molecule has 0 saturated heterocycles. The largest absolute Gasteiger partial charge is 0.436 e. The first kappa shape index (κ1) is 21.2. The van der Waals surface area contributed by atoms with Crippen LogP contribution < -0.4 is 5.32 Å². The van der Waals surface area contributed by atoms with E-state index in [1.165, 1.54) is 4.68 Å². The number of nitrogens with zero attached hydrogens (tertiary/aromatic N) is 4. The van der Waals surface area contributed by atoms with Crippen molar-refractivity contribution in [2.45, 2.75) is 57.8 Å². The predicted molar refractivity (Wildman–Crippen MR) is 101 cm³/mol. The molecule has 1 fully saturated rings. The van der Waals surface area contributed by atoms with Gasteiger partial charge < -0.3 is 5.32 Å². The van der Waals surface area contributed by atoms with Gasteiger partial charge in [0.05, 0.1) is 21.4 Å². The molecule has 0 aliphatic heterocycles. The Hall–Kier alpha value is -1.55. The van der Waals surface area contributed by atoms with Gasteiger partial charge in [0.2, 0.25) is 5.91 Å². The van der Waals surface area contributed by atoms with Crippen LogP contribution in [-0.4, -0.2) is 32.0 Å². The smallest absolute Gasteiger partial charge is 0.356 e. The first-order chi connectivity index (χ1) is 13.2. The van der Waals surface area contributed by atoms with Crippen LogP contribution in [0.5, 0.6) is 0 Å². The summed E-state index contributed by atoms with van der Waals surface area (Å²) in [6.07, 6.45) is -0.513. The molecule has 1 aliphatic rings. The number of rotatable bonds is 8. The lowest BCUT2D eigenvalue weighted by atomic mass is 10.2. The van der Waals surface area contributed by atoms with Crippen molar-refractivity contribution in [3.8, 4) is 0 Å². The molecule has 0 unspecified atom stereocenters. The van der Waals surface area contributed by atoms with Crippen molar-refractivity contribution in [3.05, 3.63) is 32.8 Å². The molecule has 0 atom stereocenters. The van der Waals surface area contributed by atoms with Gasteiger partial charge in [0, 0.05) is 37.7 Å². The lowest BCUT2D eigenvalue weighted by molar-refractivity contribution is -0.141.